The number of hydrogen-bond acceptors (Lipinski definition) is 4. The largest absolute Gasteiger partial charge is 0.316 e. The van der Waals surface area contributed by atoms with E-state index in [2.05, 4.69) is 31.1 Å². The van der Waals surface area contributed by atoms with E-state index in [1.54, 1.807) is 0 Å². The van der Waals surface area contributed by atoms with Crippen molar-refractivity contribution in [3.8, 4) is 11.4 Å². The Kier molecular flexibility index (Phi) is 4.93. The second-order valence-electron chi connectivity index (χ2n) is 5.06. The van der Waals surface area contributed by atoms with Crippen molar-refractivity contribution < 1.29 is 4.79 Å². The molecule has 4 nitrogen and oxygen atoms in total. The van der Waals surface area contributed by atoms with Crippen LogP contribution in [0.4, 0.5) is 0 Å². The molecule has 0 fully saturated rings. The van der Waals surface area contributed by atoms with E-state index in [1.807, 2.05) is 55.5 Å². The molecule has 0 saturated heterocycles. The van der Waals surface area contributed by atoms with Crippen LogP contribution in [0.3, 0.4) is 0 Å². The van der Waals surface area contributed by atoms with Gasteiger partial charge >= 0.3 is 0 Å². The molecule has 116 valence electrons. The summed E-state index contributed by atoms with van der Waals surface area (Å²) in [5.41, 5.74) is 2.82. The first-order chi connectivity index (χ1) is 11.1. The molecule has 0 unspecified atom stereocenters. The third-order valence-corrected chi connectivity index (χ3v) is 4.69. The fourth-order valence-corrected chi connectivity index (χ4v) is 2.97. The number of carbonyl (C=O) groups excluding carboxylic acids is 1. The highest BCUT2D eigenvalue weighted by Gasteiger charge is 2.10. The van der Waals surface area contributed by atoms with Crippen LogP contribution in [0.25, 0.3) is 11.4 Å². The van der Waals surface area contributed by atoms with Gasteiger partial charge in [0.1, 0.15) is 0 Å². The molecule has 1 aromatic heterocycles. The van der Waals surface area contributed by atoms with Gasteiger partial charge in [-0.05, 0) is 19.1 Å². The monoisotopic (exact) mass is 387 g/mol. The molecule has 0 aliphatic rings. The van der Waals surface area contributed by atoms with Crippen molar-refractivity contribution in [3.63, 3.8) is 0 Å². The third kappa shape index (κ3) is 4.09. The minimum Gasteiger partial charge on any atom is -0.316 e. The highest BCUT2D eigenvalue weighted by Crippen LogP contribution is 2.21. The van der Waals surface area contributed by atoms with Crippen LogP contribution < -0.4 is 0 Å². The molecule has 2 aromatic carbocycles. The number of benzene rings is 2. The van der Waals surface area contributed by atoms with E-state index in [0.717, 1.165) is 21.2 Å². The van der Waals surface area contributed by atoms with Gasteiger partial charge in [-0.1, -0.05) is 69.7 Å². The van der Waals surface area contributed by atoms with Gasteiger partial charge in [0.05, 0.1) is 5.75 Å². The lowest BCUT2D eigenvalue weighted by atomic mass is 10.1. The Bertz CT molecular complexity index is 813. The summed E-state index contributed by atoms with van der Waals surface area (Å²) in [4.78, 5) is 15.3. The number of Topliss-reactive ketones (excluding diaryl/α,β-unsaturated/α-hetero) is 1. The van der Waals surface area contributed by atoms with Gasteiger partial charge in [-0.2, -0.15) is 0 Å². The molecule has 3 rings (SSSR count). The molecule has 23 heavy (non-hydrogen) atoms. The second kappa shape index (κ2) is 7.10. The molecule has 0 radical (unpaired) electrons. The van der Waals surface area contributed by atoms with Crippen molar-refractivity contribution >= 4 is 33.5 Å². The number of rotatable bonds is 5. The van der Waals surface area contributed by atoms with Crippen LogP contribution in [0.5, 0.6) is 0 Å². The molecule has 1 heterocycles. The van der Waals surface area contributed by atoms with E-state index in [1.165, 1.54) is 11.8 Å². The van der Waals surface area contributed by atoms with Crippen LogP contribution in [-0.2, 0) is 0 Å². The Balaban J connectivity index is 1.64. The van der Waals surface area contributed by atoms with Gasteiger partial charge in [0.25, 0.3) is 0 Å². The van der Waals surface area contributed by atoms with Gasteiger partial charge in [-0.3, -0.25) is 4.79 Å². The van der Waals surface area contributed by atoms with E-state index in [0.29, 0.717) is 16.7 Å². The lowest BCUT2D eigenvalue weighted by molar-refractivity contribution is 0.102. The first kappa shape index (κ1) is 16.0. The molecule has 6 heteroatoms. The van der Waals surface area contributed by atoms with Crippen LogP contribution >= 0.6 is 27.7 Å². The van der Waals surface area contributed by atoms with Crippen LogP contribution in [-0.4, -0.2) is 26.7 Å². The smallest absolute Gasteiger partial charge is 0.189 e. The zero-order valence-corrected chi connectivity index (χ0v) is 14.8. The average Bonchev–Trinajstić information content (AvgIpc) is 3.03. The Hall–Kier alpha value is -1.92. The van der Waals surface area contributed by atoms with E-state index in [4.69, 9.17) is 0 Å². The Morgan fingerprint density at radius 3 is 2.48 bits per heavy atom. The highest BCUT2D eigenvalue weighted by atomic mass is 79.9. The van der Waals surface area contributed by atoms with Crippen molar-refractivity contribution in [1.82, 2.24) is 15.2 Å². The molecule has 3 aromatic rings. The predicted molar refractivity (Wildman–Crippen MR) is 95.8 cm³/mol. The molecule has 0 saturated carbocycles. The SMILES string of the molecule is Cc1ccc(C(=O)CSc2nnc(-c3ccc(Br)cc3)[nH]2)cc1. The topological polar surface area (TPSA) is 58.6 Å². The summed E-state index contributed by atoms with van der Waals surface area (Å²) in [7, 11) is 0. The molecule has 0 amide bonds. The zero-order valence-electron chi connectivity index (χ0n) is 12.4. The maximum absolute atomic E-state index is 12.2. The van der Waals surface area contributed by atoms with Crippen LogP contribution in [0.15, 0.2) is 58.2 Å². The lowest BCUT2D eigenvalue weighted by Crippen LogP contribution is -2.02. The number of aromatic amines is 1. The lowest BCUT2D eigenvalue weighted by Gasteiger charge is -2.00. The second-order valence-corrected chi connectivity index (χ2v) is 6.94. The van der Waals surface area contributed by atoms with Gasteiger partial charge in [-0.15, -0.1) is 10.2 Å². The van der Waals surface area contributed by atoms with Crippen LogP contribution in [0, 0.1) is 6.92 Å². The fourth-order valence-electron chi connectivity index (χ4n) is 2.01. The molecule has 0 aliphatic heterocycles. The fraction of sp³-hybridized carbons (Fsp3) is 0.118. The average molecular weight is 388 g/mol. The standard InChI is InChI=1S/C17H14BrN3OS/c1-11-2-4-12(5-3-11)15(22)10-23-17-19-16(20-21-17)13-6-8-14(18)9-7-13/h2-9H,10H2,1H3,(H,19,20,21). The molecule has 0 atom stereocenters. The van der Waals surface area contributed by atoms with Crippen LogP contribution in [0.1, 0.15) is 15.9 Å². The number of aryl methyl sites for hydroxylation is 1. The number of nitrogens with zero attached hydrogens (tertiary/aromatic N) is 2. The molecular formula is C17H14BrN3OS. The number of carbonyl (C=O) groups is 1. The summed E-state index contributed by atoms with van der Waals surface area (Å²) in [6, 6.07) is 15.4. The number of halogens is 1. The van der Waals surface area contributed by atoms with Crippen molar-refractivity contribution in [2.75, 3.05) is 5.75 Å². The molecule has 0 aliphatic carbocycles. The maximum Gasteiger partial charge on any atom is 0.189 e. The van der Waals surface area contributed by atoms with Gasteiger partial charge < -0.3 is 4.98 Å². The number of thioether (sulfide) groups is 1. The van der Waals surface area contributed by atoms with Crippen LogP contribution in [0.2, 0.25) is 0 Å². The molecule has 0 spiro atoms. The van der Waals surface area contributed by atoms with Crippen molar-refractivity contribution in [2.45, 2.75) is 12.1 Å². The van der Waals surface area contributed by atoms with E-state index >= 15 is 0 Å². The first-order valence-corrected chi connectivity index (χ1v) is 8.81. The summed E-state index contributed by atoms with van der Waals surface area (Å²) in [5, 5.41) is 8.86. The summed E-state index contributed by atoms with van der Waals surface area (Å²) in [5.74, 6) is 1.11. The van der Waals surface area contributed by atoms with Gasteiger partial charge in [-0.25, -0.2) is 0 Å². The van der Waals surface area contributed by atoms with E-state index in [9.17, 15) is 4.79 Å². The van der Waals surface area contributed by atoms with Crippen molar-refractivity contribution in [1.29, 1.82) is 0 Å². The van der Waals surface area contributed by atoms with Crippen molar-refractivity contribution in [2.24, 2.45) is 0 Å². The Morgan fingerprint density at radius 2 is 1.78 bits per heavy atom. The number of hydrogen-bond donors (Lipinski definition) is 1. The van der Waals surface area contributed by atoms with E-state index < -0.39 is 0 Å². The number of H-pyrrole nitrogens is 1. The zero-order chi connectivity index (χ0) is 16.2. The number of ketones is 1. The summed E-state index contributed by atoms with van der Waals surface area (Å²) in [6.45, 7) is 2.00. The summed E-state index contributed by atoms with van der Waals surface area (Å²) >= 11 is 4.76. The minimum absolute atomic E-state index is 0.0802. The summed E-state index contributed by atoms with van der Waals surface area (Å²) < 4.78 is 1.01. The highest BCUT2D eigenvalue weighted by molar-refractivity contribution is 9.10. The predicted octanol–water partition coefficient (Wildman–Crippen LogP) is 4.52. The van der Waals surface area contributed by atoms with Gasteiger partial charge in [0, 0.05) is 15.6 Å². The molecule has 0 bridgehead atoms. The van der Waals surface area contributed by atoms with Crippen molar-refractivity contribution in [3.05, 3.63) is 64.1 Å². The maximum atomic E-state index is 12.2. The quantitative estimate of drug-likeness (QED) is 0.516. The van der Waals surface area contributed by atoms with Gasteiger partial charge in [0.2, 0.25) is 0 Å². The normalized spacial score (nSPS) is 10.7. The number of aromatic nitrogens is 3. The molecule has 1 N–H and O–H groups in total. The Morgan fingerprint density at radius 1 is 1.09 bits per heavy atom. The third-order valence-electron chi connectivity index (χ3n) is 3.30. The molecular weight excluding hydrogens is 374 g/mol. The van der Waals surface area contributed by atoms with Gasteiger partial charge in [0.15, 0.2) is 16.8 Å². The minimum atomic E-state index is 0.0802. The number of nitrogens with one attached hydrogen (secondary N) is 1. The first-order valence-electron chi connectivity index (χ1n) is 7.03. The summed E-state index contributed by atoms with van der Waals surface area (Å²) in [6.07, 6.45) is 0. The van der Waals surface area contributed by atoms with E-state index in [-0.39, 0.29) is 5.78 Å². The Labute approximate surface area is 146 Å².